The van der Waals surface area contributed by atoms with Gasteiger partial charge in [-0.25, -0.2) is 9.50 Å². The Balaban J connectivity index is 1.70. The normalized spacial score (nSPS) is 15.3. The average molecular weight is 473 g/mol. The number of carbonyl (C=O) groups is 1. The van der Waals surface area contributed by atoms with Crippen molar-refractivity contribution in [2.24, 2.45) is 0 Å². The van der Waals surface area contributed by atoms with Crippen LogP contribution in [-0.2, 0) is 4.79 Å². The summed E-state index contributed by atoms with van der Waals surface area (Å²) < 4.78 is 12.9. The number of ether oxygens (including phenoxy) is 1. The van der Waals surface area contributed by atoms with E-state index in [2.05, 4.69) is 10.1 Å². The third kappa shape index (κ3) is 2.98. The number of benzene rings is 2. The zero-order chi connectivity index (χ0) is 24.4. The van der Waals surface area contributed by atoms with Gasteiger partial charge in [-0.15, -0.1) is 0 Å². The van der Waals surface area contributed by atoms with Gasteiger partial charge in [0.25, 0.3) is 0 Å². The van der Waals surface area contributed by atoms with Gasteiger partial charge in [-0.2, -0.15) is 5.10 Å². The Morgan fingerprint density at radius 3 is 2.66 bits per heavy atom. The van der Waals surface area contributed by atoms with E-state index in [9.17, 15) is 30.0 Å². The second-order valence-corrected chi connectivity index (χ2v) is 8.04. The Labute approximate surface area is 194 Å². The molecule has 11 heteroatoms. The number of esters is 1. The first-order valence-corrected chi connectivity index (χ1v) is 10.4. The van der Waals surface area contributed by atoms with Crippen LogP contribution in [0.1, 0.15) is 23.5 Å². The fourth-order valence-corrected chi connectivity index (χ4v) is 4.40. The minimum Gasteiger partial charge on any atom is -0.507 e. The molecule has 4 heterocycles. The minimum absolute atomic E-state index is 0.0140. The maximum atomic E-state index is 13.1. The van der Waals surface area contributed by atoms with Gasteiger partial charge in [-0.3, -0.25) is 9.59 Å². The van der Waals surface area contributed by atoms with Gasteiger partial charge in [-0.05, 0) is 24.3 Å². The fourth-order valence-electron chi connectivity index (χ4n) is 4.40. The highest BCUT2D eigenvalue weighted by atomic mass is 16.5. The molecule has 0 spiro atoms. The van der Waals surface area contributed by atoms with Gasteiger partial charge < -0.3 is 29.6 Å². The van der Waals surface area contributed by atoms with Crippen LogP contribution in [0.2, 0.25) is 0 Å². The van der Waals surface area contributed by atoms with Crippen LogP contribution in [0.5, 0.6) is 28.7 Å². The Bertz CT molecular complexity index is 1750. The molecule has 35 heavy (non-hydrogen) atoms. The summed E-state index contributed by atoms with van der Waals surface area (Å²) in [6.45, 7) is 0. The molecule has 0 aliphatic carbocycles. The van der Waals surface area contributed by atoms with Crippen molar-refractivity contribution in [3.05, 3.63) is 70.3 Å². The van der Waals surface area contributed by atoms with Crippen LogP contribution >= 0.6 is 0 Å². The van der Waals surface area contributed by atoms with Gasteiger partial charge in [0.1, 0.15) is 22.5 Å². The predicted octanol–water partition coefficient (Wildman–Crippen LogP) is 2.77. The lowest BCUT2D eigenvalue weighted by Gasteiger charge is -2.25. The van der Waals surface area contributed by atoms with Gasteiger partial charge in [0.15, 0.2) is 22.9 Å². The molecule has 0 bridgehead atoms. The van der Waals surface area contributed by atoms with E-state index in [0.29, 0.717) is 16.8 Å². The Morgan fingerprint density at radius 2 is 1.86 bits per heavy atom. The van der Waals surface area contributed by atoms with Crippen LogP contribution in [-0.4, -0.2) is 41.0 Å². The number of aromatic nitrogens is 3. The summed E-state index contributed by atoms with van der Waals surface area (Å²) >= 11 is 0. The van der Waals surface area contributed by atoms with Gasteiger partial charge in [0.2, 0.25) is 11.2 Å². The third-order valence-electron chi connectivity index (χ3n) is 5.99. The molecule has 174 valence electrons. The van der Waals surface area contributed by atoms with Crippen LogP contribution in [0.3, 0.4) is 0 Å². The van der Waals surface area contributed by atoms with E-state index in [4.69, 9.17) is 9.15 Å². The second-order valence-electron chi connectivity index (χ2n) is 8.04. The summed E-state index contributed by atoms with van der Waals surface area (Å²) in [5.74, 6) is -3.84. The Morgan fingerprint density at radius 1 is 1.03 bits per heavy atom. The lowest BCUT2D eigenvalue weighted by atomic mass is 9.86. The van der Waals surface area contributed by atoms with E-state index in [1.807, 2.05) is 0 Å². The molecular formula is C24H15N3O8. The monoisotopic (exact) mass is 473 g/mol. The molecule has 6 rings (SSSR count). The van der Waals surface area contributed by atoms with E-state index in [0.717, 1.165) is 12.1 Å². The third-order valence-corrected chi connectivity index (χ3v) is 5.99. The van der Waals surface area contributed by atoms with Gasteiger partial charge in [0.05, 0.1) is 12.6 Å². The van der Waals surface area contributed by atoms with E-state index in [1.54, 1.807) is 24.7 Å². The van der Waals surface area contributed by atoms with Crippen LogP contribution in [0.4, 0.5) is 0 Å². The van der Waals surface area contributed by atoms with Crippen LogP contribution in [0.15, 0.2) is 58.1 Å². The smallest absolute Gasteiger partial charge is 0.312 e. The summed E-state index contributed by atoms with van der Waals surface area (Å²) in [7, 11) is 0. The number of nitrogens with zero attached hydrogens (tertiary/aromatic N) is 3. The number of aromatic hydroxyl groups is 4. The molecule has 5 aromatic rings. The standard InChI is InChI=1S/C24H15N3O8/c28-13-3-2-10(6-14(13)29)22-21(33)20(32)19-15(30)8-16-18(23(19)35-22)11(7-17(31)34-16)12-9-26-27-5-1-4-25-24(12)27/h1-6,8-9,11,28-30,33H,7H2. The first kappa shape index (κ1) is 20.5. The van der Waals surface area contributed by atoms with E-state index in [-0.39, 0.29) is 34.5 Å². The molecule has 3 aromatic heterocycles. The molecule has 1 aliphatic rings. The summed E-state index contributed by atoms with van der Waals surface area (Å²) in [6, 6.07) is 6.44. The molecular weight excluding hydrogens is 458 g/mol. The number of fused-ring (bicyclic) bond motifs is 4. The quantitative estimate of drug-likeness (QED) is 0.170. The summed E-state index contributed by atoms with van der Waals surface area (Å²) in [5, 5.41) is 44.7. The van der Waals surface area contributed by atoms with Crippen molar-refractivity contribution in [2.75, 3.05) is 0 Å². The lowest BCUT2D eigenvalue weighted by molar-refractivity contribution is -0.135. The largest absolute Gasteiger partial charge is 0.507 e. The Kier molecular flexibility index (Phi) is 4.24. The summed E-state index contributed by atoms with van der Waals surface area (Å²) in [6.07, 6.45) is 4.69. The van der Waals surface area contributed by atoms with Crippen LogP contribution < -0.4 is 10.2 Å². The molecule has 2 aromatic carbocycles. The maximum Gasteiger partial charge on any atom is 0.312 e. The van der Waals surface area contributed by atoms with Crippen molar-refractivity contribution in [3.63, 3.8) is 0 Å². The first-order chi connectivity index (χ1) is 16.8. The van der Waals surface area contributed by atoms with Gasteiger partial charge in [0, 0.05) is 41.1 Å². The molecule has 0 amide bonds. The van der Waals surface area contributed by atoms with E-state index in [1.165, 1.54) is 16.6 Å². The molecule has 11 nitrogen and oxygen atoms in total. The highest BCUT2D eigenvalue weighted by molar-refractivity contribution is 5.94. The number of phenolic OH excluding ortho intramolecular Hbond substituents is 3. The average Bonchev–Trinajstić information content (AvgIpc) is 3.26. The zero-order valence-corrected chi connectivity index (χ0v) is 17.7. The summed E-state index contributed by atoms with van der Waals surface area (Å²) in [5.41, 5.74) is 0.385. The molecule has 0 saturated heterocycles. The molecule has 0 fully saturated rings. The van der Waals surface area contributed by atoms with Crippen molar-refractivity contribution in [1.29, 1.82) is 0 Å². The number of hydrogen-bond donors (Lipinski definition) is 4. The minimum atomic E-state index is -0.928. The molecule has 1 unspecified atom stereocenters. The van der Waals surface area contributed by atoms with E-state index >= 15 is 0 Å². The fraction of sp³-hybridized carbons (Fsp3) is 0.0833. The van der Waals surface area contributed by atoms with Gasteiger partial charge >= 0.3 is 5.97 Å². The number of rotatable bonds is 2. The number of phenols is 3. The zero-order valence-electron chi connectivity index (χ0n) is 17.7. The number of carbonyl (C=O) groups excluding carboxylic acids is 1. The topological polar surface area (TPSA) is 168 Å². The first-order valence-electron chi connectivity index (χ1n) is 10.4. The molecule has 1 atom stereocenters. The molecule has 4 N–H and O–H groups in total. The van der Waals surface area contributed by atoms with Gasteiger partial charge in [-0.1, -0.05) is 0 Å². The Hall–Kier alpha value is -5.06. The van der Waals surface area contributed by atoms with Crippen molar-refractivity contribution in [2.45, 2.75) is 12.3 Å². The maximum absolute atomic E-state index is 13.1. The second kappa shape index (κ2) is 7.22. The lowest BCUT2D eigenvalue weighted by Crippen LogP contribution is -2.22. The predicted molar refractivity (Wildman–Crippen MR) is 120 cm³/mol. The molecule has 0 radical (unpaired) electrons. The SMILES string of the molecule is O=C1CC(c2cnn3cccnc23)c2c(cc(O)c3c(=O)c(O)c(-c4ccc(O)c(O)c4)oc23)O1. The summed E-state index contributed by atoms with van der Waals surface area (Å²) in [4.78, 5) is 29.9. The van der Waals surface area contributed by atoms with Crippen molar-refractivity contribution < 1.29 is 34.4 Å². The number of hydrogen-bond acceptors (Lipinski definition) is 10. The highest BCUT2D eigenvalue weighted by Crippen LogP contribution is 2.47. The van der Waals surface area contributed by atoms with Crippen molar-refractivity contribution >= 4 is 22.6 Å². The highest BCUT2D eigenvalue weighted by Gasteiger charge is 2.36. The molecule has 0 saturated carbocycles. The van der Waals surface area contributed by atoms with Crippen molar-refractivity contribution in [1.82, 2.24) is 14.6 Å². The van der Waals surface area contributed by atoms with Crippen LogP contribution in [0.25, 0.3) is 27.9 Å². The van der Waals surface area contributed by atoms with Crippen molar-refractivity contribution in [3.8, 4) is 40.1 Å². The molecule has 1 aliphatic heterocycles. The van der Waals surface area contributed by atoms with Crippen LogP contribution in [0, 0.1) is 0 Å². The van der Waals surface area contributed by atoms with E-state index < -0.39 is 40.3 Å².